The molecule has 3 heteroatoms. The summed E-state index contributed by atoms with van der Waals surface area (Å²) < 4.78 is 0. The molecule has 1 fully saturated rings. The van der Waals surface area contributed by atoms with Gasteiger partial charge in [-0.15, -0.1) is 0 Å². The second-order valence-corrected chi connectivity index (χ2v) is 6.81. The van der Waals surface area contributed by atoms with E-state index in [1.165, 1.54) is 5.56 Å². The van der Waals surface area contributed by atoms with Gasteiger partial charge in [0.2, 0.25) is 5.91 Å². The quantitative estimate of drug-likeness (QED) is 0.872. The molecule has 2 atom stereocenters. The predicted octanol–water partition coefficient (Wildman–Crippen LogP) is 3.06. The molecule has 0 aliphatic carbocycles. The van der Waals surface area contributed by atoms with E-state index in [0.717, 1.165) is 19.4 Å². The molecule has 0 spiro atoms. The topological polar surface area (TPSA) is 32.3 Å². The maximum atomic E-state index is 12.7. The number of benzene rings is 1. The van der Waals surface area contributed by atoms with Crippen LogP contribution in [0.25, 0.3) is 0 Å². The van der Waals surface area contributed by atoms with Gasteiger partial charge in [-0.1, -0.05) is 58.0 Å². The van der Waals surface area contributed by atoms with Crippen LogP contribution in [0.15, 0.2) is 30.3 Å². The maximum Gasteiger partial charge on any atom is 0.241 e. The molecule has 1 aliphatic rings. The Kier molecular flexibility index (Phi) is 5.40. The lowest BCUT2D eigenvalue weighted by Gasteiger charge is -2.27. The Hall–Kier alpha value is -1.35. The van der Waals surface area contributed by atoms with Crippen LogP contribution in [0.3, 0.4) is 0 Å². The van der Waals surface area contributed by atoms with Crippen molar-refractivity contribution in [3.63, 3.8) is 0 Å². The third kappa shape index (κ3) is 4.07. The summed E-state index contributed by atoms with van der Waals surface area (Å²) in [6, 6.07) is 10.2. The summed E-state index contributed by atoms with van der Waals surface area (Å²) in [7, 11) is 0. The number of amides is 1. The Morgan fingerprint density at radius 3 is 2.38 bits per heavy atom. The second kappa shape index (κ2) is 7.08. The largest absolute Gasteiger partial charge is 0.326 e. The minimum absolute atomic E-state index is 0.0769. The van der Waals surface area contributed by atoms with E-state index in [1.54, 1.807) is 0 Å². The maximum absolute atomic E-state index is 12.7. The number of nitrogens with one attached hydrogen (secondary N) is 1. The van der Waals surface area contributed by atoms with Crippen LogP contribution >= 0.6 is 0 Å². The van der Waals surface area contributed by atoms with Crippen molar-refractivity contribution in [1.29, 1.82) is 0 Å². The standard InChI is InChI=1S/C18H28N2O/c1-13(2)10-11-20-17(14(3)4)19-16(18(20)21)12-15-8-6-5-7-9-15/h5-9,13-14,16-17,19H,10-12H2,1-4H3. The molecule has 1 heterocycles. The lowest BCUT2D eigenvalue weighted by Crippen LogP contribution is -2.42. The average molecular weight is 288 g/mol. The van der Waals surface area contributed by atoms with Gasteiger partial charge in [0.15, 0.2) is 0 Å². The third-order valence-corrected chi connectivity index (χ3v) is 4.15. The first-order valence-corrected chi connectivity index (χ1v) is 8.09. The number of carbonyl (C=O) groups is 1. The van der Waals surface area contributed by atoms with Gasteiger partial charge < -0.3 is 4.90 Å². The van der Waals surface area contributed by atoms with Crippen LogP contribution in [0.5, 0.6) is 0 Å². The smallest absolute Gasteiger partial charge is 0.241 e. The Morgan fingerprint density at radius 2 is 1.81 bits per heavy atom. The van der Waals surface area contributed by atoms with E-state index in [9.17, 15) is 4.79 Å². The van der Waals surface area contributed by atoms with Crippen molar-refractivity contribution in [3.8, 4) is 0 Å². The van der Waals surface area contributed by atoms with E-state index in [4.69, 9.17) is 0 Å². The van der Waals surface area contributed by atoms with Crippen molar-refractivity contribution in [2.45, 2.75) is 52.7 Å². The van der Waals surface area contributed by atoms with Crippen LogP contribution in [0, 0.1) is 11.8 Å². The first-order chi connectivity index (χ1) is 9.99. The number of carbonyl (C=O) groups excluding carboxylic acids is 1. The van der Waals surface area contributed by atoms with Gasteiger partial charge in [0.05, 0.1) is 12.2 Å². The van der Waals surface area contributed by atoms with E-state index < -0.39 is 0 Å². The number of rotatable bonds is 6. The lowest BCUT2D eigenvalue weighted by molar-refractivity contribution is -0.130. The zero-order valence-corrected chi connectivity index (χ0v) is 13.7. The van der Waals surface area contributed by atoms with Crippen LogP contribution in [-0.2, 0) is 11.2 Å². The van der Waals surface area contributed by atoms with Crippen molar-refractivity contribution in [2.24, 2.45) is 11.8 Å². The molecule has 0 bridgehead atoms. The fourth-order valence-corrected chi connectivity index (χ4v) is 2.90. The molecule has 21 heavy (non-hydrogen) atoms. The SMILES string of the molecule is CC(C)CCN1C(=O)C(Cc2ccccc2)NC1C(C)C. The summed E-state index contributed by atoms with van der Waals surface area (Å²) in [5.41, 5.74) is 1.22. The molecule has 0 saturated carbocycles. The van der Waals surface area contributed by atoms with Crippen molar-refractivity contribution in [1.82, 2.24) is 10.2 Å². The summed E-state index contributed by atoms with van der Waals surface area (Å²) in [6.45, 7) is 9.63. The Labute approximate surface area is 128 Å². The molecule has 1 aromatic carbocycles. The van der Waals surface area contributed by atoms with Crippen molar-refractivity contribution in [2.75, 3.05) is 6.54 Å². The van der Waals surface area contributed by atoms with Crippen LogP contribution in [-0.4, -0.2) is 29.6 Å². The first kappa shape index (κ1) is 16.0. The predicted molar refractivity (Wildman–Crippen MR) is 86.9 cm³/mol. The fourth-order valence-electron chi connectivity index (χ4n) is 2.90. The van der Waals surface area contributed by atoms with Crippen molar-refractivity contribution >= 4 is 5.91 Å². The first-order valence-electron chi connectivity index (χ1n) is 8.09. The summed E-state index contributed by atoms with van der Waals surface area (Å²) >= 11 is 0. The molecule has 116 valence electrons. The van der Waals surface area contributed by atoms with E-state index in [1.807, 2.05) is 18.2 Å². The van der Waals surface area contributed by atoms with Gasteiger partial charge in [0.1, 0.15) is 0 Å². The molecule has 0 radical (unpaired) electrons. The van der Waals surface area contributed by atoms with Gasteiger partial charge in [-0.25, -0.2) is 0 Å². The van der Waals surface area contributed by atoms with Crippen molar-refractivity contribution < 1.29 is 4.79 Å². The number of hydrogen-bond acceptors (Lipinski definition) is 2. The summed E-state index contributed by atoms with van der Waals surface area (Å²) in [6.07, 6.45) is 2.01. The summed E-state index contributed by atoms with van der Waals surface area (Å²) in [5.74, 6) is 1.32. The van der Waals surface area contributed by atoms with Crippen molar-refractivity contribution in [3.05, 3.63) is 35.9 Å². The van der Waals surface area contributed by atoms with Gasteiger partial charge in [-0.2, -0.15) is 0 Å². The monoisotopic (exact) mass is 288 g/mol. The van der Waals surface area contributed by atoms with E-state index in [2.05, 4.69) is 50.0 Å². The number of nitrogens with zero attached hydrogens (tertiary/aromatic N) is 1. The molecule has 1 saturated heterocycles. The molecule has 2 rings (SSSR count). The van der Waals surface area contributed by atoms with Crippen LogP contribution in [0.4, 0.5) is 0 Å². The molecular formula is C18H28N2O. The van der Waals surface area contributed by atoms with Gasteiger partial charge >= 0.3 is 0 Å². The van der Waals surface area contributed by atoms with E-state index in [-0.39, 0.29) is 18.1 Å². The molecule has 1 N–H and O–H groups in total. The van der Waals surface area contributed by atoms with E-state index >= 15 is 0 Å². The molecule has 3 nitrogen and oxygen atoms in total. The molecular weight excluding hydrogens is 260 g/mol. The zero-order chi connectivity index (χ0) is 15.4. The van der Waals surface area contributed by atoms with Gasteiger partial charge in [0, 0.05) is 6.54 Å². The Balaban J connectivity index is 2.06. The highest BCUT2D eigenvalue weighted by Crippen LogP contribution is 2.21. The Bertz CT molecular complexity index is 456. The summed E-state index contributed by atoms with van der Waals surface area (Å²) in [5, 5.41) is 3.54. The van der Waals surface area contributed by atoms with Gasteiger partial charge in [-0.05, 0) is 30.2 Å². The fraction of sp³-hybridized carbons (Fsp3) is 0.611. The molecule has 1 amide bonds. The Morgan fingerprint density at radius 1 is 1.14 bits per heavy atom. The molecule has 0 aromatic heterocycles. The zero-order valence-electron chi connectivity index (χ0n) is 13.7. The minimum Gasteiger partial charge on any atom is -0.326 e. The molecule has 1 aliphatic heterocycles. The van der Waals surface area contributed by atoms with Crippen LogP contribution in [0.1, 0.15) is 39.7 Å². The molecule has 1 aromatic rings. The summed E-state index contributed by atoms with van der Waals surface area (Å²) in [4.78, 5) is 14.8. The highest BCUT2D eigenvalue weighted by molar-refractivity contribution is 5.84. The highest BCUT2D eigenvalue weighted by Gasteiger charge is 2.39. The normalized spacial score (nSPS) is 22.6. The van der Waals surface area contributed by atoms with E-state index in [0.29, 0.717) is 11.8 Å². The van der Waals surface area contributed by atoms with Gasteiger partial charge in [0.25, 0.3) is 0 Å². The average Bonchev–Trinajstić information content (AvgIpc) is 2.75. The van der Waals surface area contributed by atoms with Gasteiger partial charge in [-0.3, -0.25) is 10.1 Å². The minimum atomic E-state index is -0.0769. The third-order valence-electron chi connectivity index (χ3n) is 4.15. The van der Waals surface area contributed by atoms with Crippen LogP contribution < -0.4 is 5.32 Å². The highest BCUT2D eigenvalue weighted by atomic mass is 16.2. The second-order valence-electron chi connectivity index (χ2n) is 6.81. The lowest BCUT2D eigenvalue weighted by atomic mass is 10.1. The van der Waals surface area contributed by atoms with Crippen LogP contribution in [0.2, 0.25) is 0 Å². The molecule has 2 unspecified atom stereocenters. The number of hydrogen-bond donors (Lipinski definition) is 1.